The number of nitrogens with one attached hydrogen (secondary N) is 2. The molecule has 0 bridgehead atoms. The van der Waals surface area contributed by atoms with Crippen LogP contribution in [0.25, 0.3) is 0 Å². The second-order valence-corrected chi connectivity index (χ2v) is 6.99. The molecule has 0 saturated carbocycles. The Balaban J connectivity index is 1.85. The predicted molar refractivity (Wildman–Crippen MR) is 107 cm³/mol. The van der Waals surface area contributed by atoms with Gasteiger partial charge in [-0.05, 0) is 24.6 Å². The number of alkyl halides is 3. The van der Waals surface area contributed by atoms with Gasteiger partial charge in [0.05, 0.1) is 6.54 Å². The van der Waals surface area contributed by atoms with Crippen molar-refractivity contribution in [3.63, 3.8) is 0 Å². The van der Waals surface area contributed by atoms with Crippen LogP contribution < -0.4 is 16.4 Å². The smallest absolute Gasteiger partial charge is 0.368 e. The van der Waals surface area contributed by atoms with Crippen molar-refractivity contribution in [3.05, 3.63) is 35.4 Å². The summed E-state index contributed by atoms with van der Waals surface area (Å²) in [7, 11) is 1.62. The summed E-state index contributed by atoms with van der Waals surface area (Å²) in [5.41, 5.74) is 6.29. The molecule has 1 aromatic rings. The average Bonchev–Trinajstić information content (AvgIpc) is 2.72. The number of guanidine groups is 1. The number of carbonyl (C=O) groups is 2. The number of rotatable bonds is 6. The van der Waals surface area contributed by atoms with E-state index in [0.717, 1.165) is 5.56 Å². The number of nitrogens with two attached hydrogens (primary N) is 1. The Morgan fingerprint density at radius 3 is 2.23 bits per heavy atom. The van der Waals surface area contributed by atoms with Crippen molar-refractivity contribution in [1.29, 1.82) is 0 Å². The Morgan fingerprint density at radius 2 is 1.73 bits per heavy atom. The summed E-state index contributed by atoms with van der Waals surface area (Å²) in [6.07, 6.45) is -4.23. The summed E-state index contributed by atoms with van der Waals surface area (Å²) in [5, 5.41) is 5.60. The van der Waals surface area contributed by atoms with E-state index < -0.39 is 24.0 Å². The number of carbonyl (C=O) groups excluding carboxylic acids is 2. The molecule has 2 amide bonds. The van der Waals surface area contributed by atoms with Crippen molar-refractivity contribution >= 4 is 17.8 Å². The fourth-order valence-corrected chi connectivity index (χ4v) is 3.08. The molecule has 1 unspecified atom stereocenters. The van der Waals surface area contributed by atoms with Crippen LogP contribution in [-0.4, -0.2) is 79.6 Å². The van der Waals surface area contributed by atoms with Gasteiger partial charge in [0.15, 0.2) is 5.96 Å². The van der Waals surface area contributed by atoms with E-state index in [1.807, 2.05) is 4.90 Å². The lowest BCUT2D eigenvalue weighted by Crippen LogP contribution is -2.56. The number of aliphatic imine (C=N–C) groups is 1. The molecule has 8 nitrogen and oxygen atoms in total. The summed E-state index contributed by atoms with van der Waals surface area (Å²) < 4.78 is 38.7. The molecule has 1 heterocycles. The lowest BCUT2D eigenvalue weighted by Gasteiger charge is -2.39. The lowest BCUT2D eigenvalue weighted by molar-refractivity contribution is -0.181. The van der Waals surface area contributed by atoms with Gasteiger partial charge >= 0.3 is 6.18 Å². The highest BCUT2D eigenvalue weighted by molar-refractivity contribution is 5.96. The molecule has 1 aliphatic heterocycles. The second kappa shape index (κ2) is 10.3. The first-order valence-electron chi connectivity index (χ1n) is 9.53. The van der Waals surface area contributed by atoms with Crippen molar-refractivity contribution in [2.45, 2.75) is 25.7 Å². The van der Waals surface area contributed by atoms with Crippen molar-refractivity contribution in [3.8, 4) is 0 Å². The van der Waals surface area contributed by atoms with Crippen LogP contribution in [-0.2, 0) is 11.3 Å². The van der Waals surface area contributed by atoms with Crippen molar-refractivity contribution in [2.75, 3.05) is 39.8 Å². The van der Waals surface area contributed by atoms with Crippen LogP contribution in [0, 0.1) is 0 Å². The molecule has 1 atom stereocenters. The fraction of sp³-hybridized carbons (Fsp3) is 0.526. The Bertz CT molecular complexity index is 759. The zero-order chi connectivity index (χ0) is 22.3. The summed E-state index contributed by atoms with van der Waals surface area (Å²) in [6, 6.07) is 5.33. The number of nitrogens with zero attached hydrogens (tertiary/aromatic N) is 3. The van der Waals surface area contributed by atoms with Gasteiger partial charge in [0.25, 0.3) is 5.91 Å². The molecule has 1 aliphatic rings. The monoisotopic (exact) mass is 428 g/mol. The van der Waals surface area contributed by atoms with Gasteiger partial charge in [0.1, 0.15) is 6.04 Å². The molecule has 4 N–H and O–H groups in total. The standard InChI is InChI=1S/C19H27F3N6O2/c1-13(19(20,21)22)27-7-9-28(10-8-27)18(24-2)26-11-14-3-5-15(6-4-14)17(30)25-12-16(23)29/h3-6,13H,7-12H2,1-2H3,(H2,23,29)(H,24,26)(H,25,30). The Labute approximate surface area is 173 Å². The number of primary amides is 1. The minimum absolute atomic E-state index is 0.229. The maximum atomic E-state index is 12.9. The zero-order valence-electron chi connectivity index (χ0n) is 17.0. The van der Waals surface area contributed by atoms with Gasteiger partial charge in [-0.25, -0.2) is 0 Å². The van der Waals surface area contributed by atoms with Crippen LogP contribution in [0.15, 0.2) is 29.3 Å². The molecular formula is C19H27F3N6O2. The molecular weight excluding hydrogens is 401 g/mol. The van der Waals surface area contributed by atoms with Gasteiger partial charge in [0, 0.05) is 45.3 Å². The summed E-state index contributed by atoms with van der Waals surface area (Å²) in [4.78, 5) is 30.2. The predicted octanol–water partition coefficient (Wildman–Crippen LogP) is 0.546. The van der Waals surface area contributed by atoms with Crippen LogP contribution in [0.3, 0.4) is 0 Å². The van der Waals surface area contributed by atoms with E-state index >= 15 is 0 Å². The largest absolute Gasteiger partial charge is 0.403 e. The molecule has 166 valence electrons. The van der Waals surface area contributed by atoms with Crippen molar-refractivity contribution in [2.24, 2.45) is 10.7 Å². The fourth-order valence-electron chi connectivity index (χ4n) is 3.08. The molecule has 11 heteroatoms. The molecule has 0 aromatic heterocycles. The molecule has 1 fully saturated rings. The average molecular weight is 428 g/mol. The van der Waals surface area contributed by atoms with E-state index in [4.69, 9.17) is 5.73 Å². The van der Waals surface area contributed by atoms with E-state index in [0.29, 0.717) is 44.2 Å². The quantitative estimate of drug-likeness (QED) is 0.454. The van der Waals surface area contributed by atoms with Gasteiger partial charge in [-0.2, -0.15) is 13.2 Å². The molecule has 1 saturated heterocycles. The van der Waals surface area contributed by atoms with E-state index in [1.54, 1.807) is 31.3 Å². The molecule has 0 radical (unpaired) electrons. The third kappa shape index (κ3) is 6.61. The summed E-state index contributed by atoms with van der Waals surface area (Å²) in [6.45, 7) is 2.88. The van der Waals surface area contributed by atoms with E-state index in [2.05, 4.69) is 15.6 Å². The molecule has 1 aromatic carbocycles. The van der Waals surface area contributed by atoms with Crippen molar-refractivity contribution in [1.82, 2.24) is 20.4 Å². The van der Waals surface area contributed by atoms with Crippen molar-refractivity contribution < 1.29 is 22.8 Å². The van der Waals surface area contributed by atoms with Gasteiger partial charge in [-0.15, -0.1) is 0 Å². The maximum Gasteiger partial charge on any atom is 0.403 e. The maximum absolute atomic E-state index is 12.9. The van der Waals surface area contributed by atoms with Crippen LogP contribution >= 0.6 is 0 Å². The lowest BCUT2D eigenvalue weighted by atomic mass is 10.1. The molecule has 2 rings (SSSR count). The number of benzene rings is 1. The second-order valence-electron chi connectivity index (χ2n) is 6.99. The number of hydrogen-bond donors (Lipinski definition) is 3. The highest BCUT2D eigenvalue weighted by Crippen LogP contribution is 2.25. The molecule has 0 aliphatic carbocycles. The normalized spacial score (nSPS) is 16.8. The molecule has 30 heavy (non-hydrogen) atoms. The number of piperazine rings is 1. The highest BCUT2D eigenvalue weighted by Gasteiger charge is 2.41. The van der Waals surface area contributed by atoms with E-state index in [9.17, 15) is 22.8 Å². The third-order valence-electron chi connectivity index (χ3n) is 4.94. The molecule has 0 spiro atoms. The summed E-state index contributed by atoms with van der Waals surface area (Å²) >= 11 is 0. The van der Waals surface area contributed by atoms with Crippen LogP contribution in [0.5, 0.6) is 0 Å². The first-order valence-corrected chi connectivity index (χ1v) is 9.53. The Morgan fingerprint density at radius 1 is 1.13 bits per heavy atom. The SMILES string of the molecule is CN=C(NCc1ccc(C(=O)NCC(N)=O)cc1)N1CCN(C(C)C(F)(F)F)CC1. The minimum Gasteiger partial charge on any atom is -0.368 e. The van der Waals surface area contributed by atoms with Gasteiger partial charge < -0.3 is 21.3 Å². The van der Waals surface area contributed by atoms with Gasteiger partial charge in [-0.3, -0.25) is 19.5 Å². The van der Waals surface area contributed by atoms with Crippen LogP contribution in [0.1, 0.15) is 22.8 Å². The van der Waals surface area contributed by atoms with Gasteiger partial charge in [-0.1, -0.05) is 12.1 Å². The Kier molecular flexibility index (Phi) is 8.04. The number of halogens is 3. The Hall–Kier alpha value is -2.82. The zero-order valence-corrected chi connectivity index (χ0v) is 17.0. The first-order chi connectivity index (χ1) is 14.1. The van der Waals surface area contributed by atoms with Crippen LogP contribution in [0.2, 0.25) is 0 Å². The topological polar surface area (TPSA) is 103 Å². The first kappa shape index (κ1) is 23.5. The van der Waals surface area contributed by atoms with E-state index in [1.165, 1.54) is 11.8 Å². The minimum atomic E-state index is -4.23. The van der Waals surface area contributed by atoms with E-state index in [-0.39, 0.29) is 6.54 Å². The number of amides is 2. The number of hydrogen-bond acceptors (Lipinski definition) is 4. The summed E-state index contributed by atoms with van der Waals surface area (Å²) in [5.74, 6) is -0.406. The highest BCUT2D eigenvalue weighted by atomic mass is 19.4. The van der Waals surface area contributed by atoms with Gasteiger partial charge in [0.2, 0.25) is 5.91 Å². The van der Waals surface area contributed by atoms with Crippen LogP contribution in [0.4, 0.5) is 13.2 Å². The third-order valence-corrected chi connectivity index (χ3v) is 4.94.